The molecule has 4 nitrogen and oxygen atoms in total. The van der Waals surface area contributed by atoms with Crippen LogP contribution in [0.2, 0.25) is 0 Å². The number of aryl methyl sites for hydroxylation is 1. The fourth-order valence-corrected chi connectivity index (χ4v) is 1.94. The van der Waals surface area contributed by atoms with E-state index >= 15 is 0 Å². The van der Waals surface area contributed by atoms with E-state index in [9.17, 15) is 9.18 Å². The summed E-state index contributed by atoms with van der Waals surface area (Å²) in [5.74, 6) is 0.892. The highest BCUT2D eigenvalue weighted by atomic mass is 19.1. The molecule has 2 rings (SSSR count). The Balaban J connectivity index is 2.01. The number of rotatable bonds is 4. The van der Waals surface area contributed by atoms with Crippen molar-refractivity contribution in [3.8, 4) is 11.5 Å². The molecule has 0 saturated heterocycles. The van der Waals surface area contributed by atoms with Crippen LogP contribution < -0.4 is 5.32 Å². The molecule has 0 unspecified atom stereocenters. The molecule has 1 N–H and O–H groups in total. The third kappa shape index (κ3) is 3.93. The molecule has 1 aromatic heterocycles. The Labute approximate surface area is 129 Å². The summed E-state index contributed by atoms with van der Waals surface area (Å²) in [5.41, 5.74) is 1.13. The van der Waals surface area contributed by atoms with Gasteiger partial charge in [-0.1, -0.05) is 20.8 Å². The first-order chi connectivity index (χ1) is 10.3. The van der Waals surface area contributed by atoms with Crippen molar-refractivity contribution in [2.24, 2.45) is 5.41 Å². The monoisotopic (exact) mass is 304 g/mol. The molecule has 22 heavy (non-hydrogen) atoms. The fourth-order valence-electron chi connectivity index (χ4n) is 1.94. The van der Waals surface area contributed by atoms with Gasteiger partial charge < -0.3 is 9.73 Å². The van der Waals surface area contributed by atoms with Gasteiger partial charge in [0, 0.05) is 23.9 Å². The van der Waals surface area contributed by atoms with E-state index in [1.54, 1.807) is 12.1 Å². The van der Waals surface area contributed by atoms with E-state index in [2.05, 4.69) is 10.3 Å². The molecule has 0 aliphatic carbocycles. The first kappa shape index (κ1) is 16.2. The number of nitrogens with one attached hydrogen (secondary N) is 1. The summed E-state index contributed by atoms with van der Waals surface area (Å²) in [6.45, 7) is 7.95. The molecule has 0 aliphatic rings. The average molecular weight is 304 g/mol. The highest BCUT2D eigenvalue weighted by Crippen LogP contribution is 2.22. The molecule has 5 heteroatoms. The van der Waals surface area contributed by atoms with Gasteiger partial charge in [0.2, 0.25) is 11.8 Å². The molecular formula is C17H21FN2O2. The molecule has 0 atom stereocenters. The second-order valence-electron chi connectivity index (χ2n) is 6.28. The van der Waals surface area contributed by atoms with Crippen LogP contribution in [0.1, 0.15) is 32.2 Å². The standard InChI is InChI=1S/C17H21FN2O2/c1-11-14(9-10-19-16(21)17(2,3)4)20-15(22-11)12-5-7-13(18)8-6-12/h5-8H,9-10H2,1-4H3,(H,19,21). The van der Waals surface area contributed by atoms with E-state index in [1.165, 1.54) is 12.1 Å². The van der Waals surface area contributed by atoms with E-state index in [0.29, 0.717) is 24.6 Å². The number of halogens is 1. The Morgan fingerprint density at radius 2 is 1.91 bits per heavy atom. The Kier molecular flexibility index (Phi) is 4.64. The SMILES string of the molecule is Cc1oc(-c2ccc(F)cc2)nc1CCNC(=O)C(C)(C)C. The molecule has 0 spiro atoms. The van der Waals surface area contributed by atoms with Crippen LogP contribution in [0, 0.1) is 18.2 Å². The van der Waals surface area contributed by atoms with Crippen molar-refractivity contribution in [3.63, 3.8) is 0 Å². The minimum absolute atomic E-state index is 0.00686. The maximum atomic E-state index is 12.9. The first-order valence-corrected chi connectivity index (χ1v) is 7.28. The van der Waals surface area contributed by atoms with E-state index < -0.39 is 5.41 Å². The largest absolute Gasteiger partial charge is 0.441 e. The van der Waals surface area contributed by atoms with E-state index in [4.69, 9.17) is 4.42 Å². The minimum atomic E-state index is -0.405. The lowest BCUT2D eigenvalue weighted by Crippen LogP contribution is -2.36. The zero-order valence-electron chi connectivity index (χ0n) is 13.4. The van der Waals surface area contributed by atoms with Gasteiger partial charge in [0.1, 0.15) is 11.6 Å². The number of benzene rings is 1. The van der Waals surface area contributed by atoms with Crippen LogP contribution >= 0.6 is 0 Å². The number of amides is 1. The van der Waals surface area contributed by atoms with Crippen LogP contribution in [-0.2, 0) is 11.2 Å². The third-order valence-corrected chi connectivity index (χ3v) is 3.31. The molecule has 1 aromatic carbocycles. The molecule has 0 fully saturated rings. The predicted molar refractivity (Wildman–Crippen MR) is 82.8 cm³/mol. The normalized spacial score (nSPS) is 11.5. The summed E-state index contributed by atoms with van der Waals surface area (Å²) < 4.78 is 18.6. The van der Waals surface area contributed by atoms with Gasteiger partial charge in [0.05, 0.1) is 5.69 Å². The quantitative estimate of drug-likeness (QED) is 0.940. The summed E-state index contributed by atoms with van der Waals surface area (Å²) in [5, 5.41) is 2.88. The maximum absolute atomic E-state index is 12.9. The summed E-state index contributed by atoms with van der Waals surface area (Å²) in [4.78, 5) is 16.2. The fraction of sp³-hybridized carbons (Fsp3) is 0.412. The zero-order valence-corrected chi connectivity index (χ0v) is 13.4. The summed E-state index contributed by atoms with van der Waals surface area (Å²) in [6, 6.07) is 6.01. The minimum Gasteiger partial charge on any atom is -0.441 e. The summed E-state index contributed by atoms with van der Waals surface area (Å²) >= 11 is 0. The van der Waals surface area contributed by atoms with Crippen molar-refractivity contribution in [2.45, 2.75) is 34.1 Å². The molecular weight excluding hydrogens is 283 g/mol. The van der Waals surface area contributed by atoms with Crippen LogP contribution in [0.4, 0.5) is 4.39 Å². The molecule has 0 saturated carbocycles. The predicted octanol–water partition coefficient (Wildman–Crippen LogP) is 3.49. The third-order valence-electron chi connectivity index (χ3n) is 3.31. The van der Waals surface area contributed by atoms with Crippen LogP contribution in [0.25, 0.3) is 11.5 Å². The summed E-state index contributed by atoms with van der Waals surface area (Å²) in [7, 11) is 0. The van der Waals surface area contributed by atoms with Gasteiger partial charge in [-0.3, -0.25) is 4.79 Å². The zero-order chi connectivity index (χ0) is 16.3. The van der Waals surface area contributed by atoms with Gasteiger partial charge >= 0.3 is 0 Å². The van der Waals surface area contributed by atoms with Gasteiger partial charge in [0.15, 0.2) is 0 Å². The number of hydrogen-bond acceptors (Lipinski definition) is 3. The van der Waals surface area contributed by atoms with Gasteiger partial charge in [-0.05, 0) is 31.2 Å². The van der Waals surface area contributed by atoms with Gasteiger partial charge in [-0.15, -0.1) is 0 Å². The Morgan fingerprint density at radius 1 is 1.27 bits per heavy atom. The number of carbonyl (C=O) groups excluding carboxylic acids is 1. The molecule has 1 heterocycles. The summed E-state index contributed by atoms with van der Waals surface area (Å²) in [6.07, 6.45) is 0.596. The molecule has 2 aromatic rings. The van der Waals surface area contributed by atoms with Gasteiger partial charge in [-0.25, -0.2) is 9.37 Å². The van der Waals surface area contributed by atoms with Crippen molar-refractivity contribution >= 4 is 5.91 Å². The van der Waals surface area contributed by atoms with Crippen molar-refractivity contribution in [2.75, 3.05) is 6.54 Å². The Morgan fingerprint density at radius 3 is 2.50 bits per heavy atom. The second kappa shape index (κ2) is 6.30. The van der Waals surface area contributed by atoms with Crippen LogP contribution in [0.3, 0.4) is 0 Å². The van der Waals surface area contributed by atoms with Crippen molar-refractivity contribution in [3.05, 3.63) is 41.5 Å². The van der Waals surface area contributed by atoms with Gasteiger partial charge in [0.25, 0.3) is 0 Å². The average Bonchev–Trinajstić information content (AvgIpc) is 2.80. The van der Waals surface area contributed by atoms with Crippen molar-refractivity contribution in [1.29, 1.82) is 0 Å². The Hall–Kier alpha value is -2.17. The van der Waals surface area contributed by atoms with E-state index in [0.717, 1.165) is 11.3 Å². The molecule has 1 amide bonds. The number of nitrogens with zero attached hydrogens (tertiary/aromatic N) is 1. The second-order valence-corrected chi connectivity index (χ2v) is 6.28. The van der Waals surface area contributed by atoms with Crippen LogP contribution in [0.5, 0.6) is 0 Å². The number of aromatic nitrogens is 1. The smallest absolute Gasteiger partial charge is 0.226 e. The molecule has 118 valence electrons. The highest BCUT2D eigenvalue weighted by molar-refractivity contribution is 5.81. The number of oxazole rings is 1. The van der Waals surface area contributed by atoms with E-state index in [1.807, 2.05) is 27.7 Å². The topological polar surface area (TPSA) is 55.1 Å². The highest BCUT2D eigenvalue weighted by Gasteiger charge is 2.20. The van der Waals surface area contributed by atoms with Gasteiger partial charge in [-0.2, -0.15) is 0 Å². The lowest BCUT2D eigenvalue weighted by molar-refractivity contribution is -0.128. The molecule has 0 aliphatic heterocycles. The number of carbonyl (C=O) groups is 1. The lowest BCUT2D eigenvalue weighted by atomic mass is 9.96. The van der Waals surface area contributed by atoms with Crippen molar-refractivity contribution in [1.82, 2.24) is 10.3 Å². The molecule has 0 bridgehead atoms. The molecule has 0 radical (unpaired) electrons. The van der Waals surface area contributed by atoms with E-state index in [-0.39, 0.29) is 11.7 Å². The first-order valence-electron chi connectivity index (χ1n) is 7.28. The van der Waals surface area contributed by atoms with Crippen molar-refractivity contribution < 1.29 is 13.6 Å². The maximum Gasteiger partial charge on any atom is 0.226 e. The van der Waals surface area contributed by atoms with Crippen LogP contribution in [0.15, 0.2) is 28.7 Å². The van der Waals surface area contributed by atoms with Crippen LogP contribution in [-0.4, -0.2) is 17.4 Å². The number of hydrogen-bond donors (Lipinski definition) is 1. The Bertz CT molecular complexity index is 654. The lowest BCUT2D eigenvalue weighted by Gasteiger charge is -2.17.